The van der Waals surface area contributed by atoms with Crippen molar-refractivity contribution in [1.82, 2.24) is 0 Å². The summed E-state index contributed by atoms with van der Waals surface area (Å²) in [6.07, 6.45) is 1.96. The van der Waals surface area contributed by atoms with Gasteiger partial charge in [0.15, 0.2) is 5.78 Å². The number of thioether (sulfide) groups is 1. The molecule has 2 aromatic carbocycles. The Bertz CT molecular complexity index is 720. The van der Waals surface area contributed by atoms with E-state index in [2.05, 4.69) is 15.9 Å². The van der Waals surface area contributed by atoms with Gasteiger partial charge in [-0.15, -0.1) is 11.8 Å². The summed E-state index contributed by atoms with van der Waals surface area (Å²) in [6, 6.07) is 13.6. The average molecular weight is 361 g/mol. The van der Waals surface area contributed by atoms with Crippen molar-refractivity contribution in [3.05, 3.63) is 63.6 Å². The predicted octanol–water partition coefficient (Wildman–Crippen LogP) is 4.83. The molecule has 0 bridgehead atoms. The minimum absolute atomic E-state index is 0.112. The molecule has 1 heterocycles. The molecular formula is C17H13BrO2S. The number of Topliss-reactive ketones (excluding diaryl/α,β-unsaturated/α-hetero) is 1. The van der Waals surface area contributed by atoms with E-state index in [4.69, 9.17) is 4.74 Å². The lowest BCUT2D eigenvalue weighted by Crippen LogP contribution is -2.12. The molecule has 0 atom stereocenters. The Morgan fingerprint density at radius 3 is 2.67 bits per heavy atom. The van der Waals surface area contributed by atoms with Crippen molar-refractivity contribution in [3.63, 3.8) is 0 Å². The first-order valence-electron chi connectivity index (χ1n) is 6.49. The highest BCUT2D eigenvalue weighted by atomic mass is 79.9. The minimum atomic E-state index is 0.112. The van der Waals surface area contributed by atoms with Crippen LogP contribution in [0.4, 0.5) is 0 Å². The lowest BCUT2D eigenvalue weighted by molar-refractivity contribution is 0.103. The maximum atomic E-state index is 12.6. The molecule has 0 N–H and O–H groups in total. The highest BCUT2D eigenvalue weighted by molar-refractivity contribution is 9.10. The topological polar surface area (TPSA) is 26.3 Å². The Balaban J connectivity index is 1.93. The van der Waals surface area contributed by atoms with Gasteiger partial charge in [-0.3, -0.25) is 4.79 Å². The quantitative estimate of drug-likeness (QED) is 0.717. The van der Waals surface area contributed by atoms with E-state index >= 15 is 0 Å². The molecular weight excluding hydrogens is 348 g/mol. The van der Waals surface area contributed by atoms with Gasteiger partial charge in [0.25, 0.3) is 0 Å². The summed E-state index contributed by atoms with van der Waals surface area (Å²) >= 11 is 5.13. The number of ketones is 1. The van der Waals surface area contributed by atoms with E-state index in [9.17, 15) is 4.79 Å². The van der Waals surface area contributed by atoms with Crippen molar-refractivity contribution in [1.29, 1.82) is 0 Å². The van der Waals surface area contributed by atoms with E-state index in [1.807, 2.05) is 48.5 Å². The number of halogens is 1. The maximum absolute atomic E-state index is 12.6. The van der Waals surface area contributed by atoms with Gasteiger partial charge in [0.2, 0.25) is 0 Å². The molecule has 0 fully saturated rings. The number of rotatable bonds is 2. The zero-order valence-electron chi connectivity index (χ0n) is 11.4. The van der Waals surface area contributed by atoms with Gasteiger partial charge in [0.05, 0.1) is 7.11 Å². The van der Waals surface area contributed by atoms with Crippen molar-refractivity contribution >= 4 is 39.6 Å². The molecule has 0 radical (unpaired) electrons. The van der Waals surface area contributed by atoms with Crippen LogP contribution < -0.4 is 4.74 Å². The molecule has 1 aliphatic rings. The Hall–Kier alpha value is -1.52. The summed E-state index contributed by atoms with van der Waals surface area (Å²) in [5.74, 6) is 1.64. The molecule has 0 spiro atoms. The summed E-state index contributed by atoms with van der Waals surface area (Å²) < 4.78 is 6.07. The zero-order chi connectivity index (χ0) is 14.8. The number of benzene rings is 2. The van der Waals surface area contributed by atoms with E-state index in [-0.39, 0.29) is 5.78 Å². The predicted molar refractivity (Wildman–Crippen MR) is 90.2 cm³/mol. The summed E-state index contributed by atoms with van der Waals surface area (Å²) in [5.41, 5.74) is 2.62. The van der Waals surface area contributed by atoms with Crippen LogP contribution in [0.25, 0.3) is 6.08 Å². The summed E-state index contributed by atoms with van der Waals surface area (Å²) in [4.78, 5) is 13.6. The van der Waals surface area contributed by atoms with Crippen LogP contribution in [0.2, 0.25) is 0 Å². The average Bonchev–Trinajstić information content (AvgIpc) is 2.51. The van der Waals surface area contributed by atoms with Crippen LogP contribution >= 0.6 is 27.7 Å². The van der Waals surface area contributed by atoms with Gasteiger partial charge >= 0.3 is 0 Å². The van der Waals surface area contributed by atoms with E-state index in [0.29, 0.717) is 5.75 Å². The highest BCUT2D eigenvalue weighted by Crippen LogP contribution is 2.35. The summed E-state index contributed by atoms with van der Waals surface area (Å²) in [7, 11) is 1.64. The van der Waals surface area contributed by atoms with Crippen LogP contribution in [0, 0.1) is 0 Å². The lowest BCUT2D eigenvalue weighted by atomic mass is 10.0. The number of ether oxygens (including phenoxy) is 1. The largest absolute Gasteiger partial charge is 0.497 e. The van der Waals surface area contributed by atoms with Gasteiger partial charge in [0, 0.05) is 26.3 Å². The number of methoxy groups -OCH3 is 1. The van der Waals surface area contributed by atoms with Crippen molar-refractivity contribution in [2.75, 3.05) is 12.9 Å². The Morgan fingerprint density at radius 1 is 1.19 bits per heavy atom. The standard InChI is InChI=1S/C17H13BrO2S/c1-20-14-5-2-11(3-6-14)8-12-10-21-16-7-4-13(18)9-15(16)17(12)19/h2-9H,10H2,1H3/b12-8+. The molecule has 0 unspecified atom stereocenters. The van der Waals surface area contributed by atoms with Crippen molar-refractivity contribution in [2.24, 2.45) is 0 Å². The van der Waals surface area contributed by atoms with Crippen LogP contribution in [0.3, 0.4) is 0 Å². The summed E-state index contributed by atoms with van der Waals surface area (Å²) in [5, 5.41) is 0. The lowest BCUT2D eigenvalue weighted by Gasteiger charge is -2.17. The van der Waals surface area contributed by atoms with Crippen molar-refractivity contribution in [2.45, 2.75) is 4.90 Å². The van der Waals surface area contributed by atoms with E-state index in [1.54, 1.807) is 18.9 Å². The Morgan fingerprint density at radius 2 is 1.95 bits per heavy atom. The fourth-order valence-corrected chi connectivity index (χ4v) is 3.57. The number of carbonyl (C=O) groups is 1. The third kappa shape index (κ3) is 3.06. The second-order valence-electron chi connectivity index (χ2n) is 4.70. The van der Waals surface area contributed by atoms with Crippen LogP contribution in [0.1, 0.15) is 15.9 Å². The van der Waals surface area contributed by atoms with E-state index < -0.39 is 0 Å². The van der Waals surface area contributed by atoms with Crippen LogP contribution in [0.15, 0.2) is 57.4 Å². The third-order valence-corrected chi connectivity index (χ3v) is 4.93. The van der Waals surface area contributed by atoms with Gasteiger partial charge < -0.3 is 4.74 Å². The second kappa shape index (κ2) is 6.08. The number of carbonyl (C=O) groups excluding carboxylic acids is 1. The van der Waals surface area contributed by atoms with Gasteiger partial charge in [-0.05, 0) is 42.0 Å². The SMILES string of the molecule is COc1ccc(/C=C2\CSc3ccc(Br)cc3C2=O)cc1. The first-order chi connectivity index (χ1) is 10.2. The molecule has 3 rings (SSSR count). The molecule has 4 heteroatoms. The Labute approximate surface area is 136 Å². The zero-order valence-corrected chi connectivity index (χ0v) is 13.8. The summed E-state index contributed by atoms with van der Waals surface area (Å²) in [6.45, 7) is 0. The number of fused-ring (bicyclic) bond motifs is 1. The molecule has 21 heavy (non-hydrogen) atoms. The first kappa shape index (κ1) is 14.4. The molecule has 0 aromatic heterocycles. The van der Waals surface area contributed by atoms with Crippen molar-refractivity contribution in [3.8, 4) is 5.75 Å². The smallest absolute Gasteiger partial charge is 0.191 e. The van der Waals surface area contributed by atoms with Crippen LogP contribution in [-0.2, 0) is 0 Å². The van der Waals surface area contributed by atoms with Gasteiger partial charge in [-0.2, -0.15) is 0 Å². The fraction of sp³-hybridized carbons (Fsp3) is 0.118. The molecule has 0 amide bonds. The highest BCUT2D eigenvalue weighted by Gasteiger charge is 2.22. The minimum Gasteiger partial charge on any atom is -0.497 e. The number of hydrogen-bond donors (Lipinski definition) is 0. The molecule has 2 aromatic rings. The van der Waals surface area contributed by atoms with Crippen molar-refractivity contribution < 1.29 is 9.53 Å². The normalized spacial score (nSPS) is 15.9. The van der Waals surface area contributed by atoms with Gasteiger partial charge in [-0.25, -0.2) is 0 Å². The molecule has 2 nitrogen and oxygen atoms in total. The molecule has 0 saturated heterocycles. The van der Waals surface area contributed by atoms with Gasteiger partial charge in [-0.1, -0.05) is 28.1 Å². The third-order valence-electron chi connectivity index (χ3n) is 3.32. The molecule has 0 saturated carbocycles. The Kier molecular flexibility index (Phi) is 4.17. The van der Waals surface area contributed by atoms with E-state index in [0.717, 1.165) is 31.8 Å². The second-order valence-corrected chi connectivity index (χ2v) is 6.63. The van der Waals surface area contributed by atoms with E-state index in [1.165, 1.54) is 0 Å². The number of hydrogen-bond acceptors (Lipinski definition) is 3. The molecule has 106 valence electrons. The molecule has 1 aliphatic heterocycles. The maximum Gasteiger partial charge on any atom is 0.191 e. The van der Waals surface area contributed by atoms with Crippen LogP contribution in [-0.4, -0.2) is 18.6 Å². The van der Waals surface area contributed by atoms with Crippen LogP contribution in [0.5, 0.6) is 5.75 Å². The van der Waals surface area contributed by atoms with Gasteiger partial charge in [0.1, 0.15) is 5.75 Å². The molecule has 0 aliphatic carbocycles. The fourth-order valence-electron chi connectivity index (χ4n) is 2.21. The monoisotopic (exact) mass is 360 g/mol. The first-order valence-corrected chi connectivity index (χ1v) is 8.27.